The maximum atomic E-state index is 12.6. The average molecular weight is 347 g/mol. The van der Waals surface area contributed by atoms with Gasteiger partial charge >= 0.3 is 0 Å². The quantitative estimate of drug-likeness (QED) is 0.828. The van der Waals surface area contributed by atoms with Crippen LogP contribution in [0.5, 0.6) is 5.75 Å². The zero-order valence-corrected chi connectivity index (χ0v) is 15.6. The minimum atomic E-state index is -0.713. The van der Waals surface area contributed by atoms with Crippen molar-refractivity contribution in [2.45, 2.75) is 38.6 Å². The minimum absolute atomic E-state index is 0.0497. The molecule has 138 valence electrons. The monoisotopic (exact) mass is 347 g/mol. The fourth-order valence-corrected chi connectivity index (χ4v) is 3.24. The summed E-state index contributed by atoms with van der Waals surface area (Å²) >= 11 is 0. The van der Waals surface area contributed by atoms with Gasteiger partial charge in [-0.1, -0.05) is 19.9 Å². The smallest absolute Gasteiger partial charge is 0.245 e. The number of methoxy groups -OCH3 is 1. The fraction of sp³-hybridized carbons (Fsp3) is 0.579. The van der Waals surface area contributed by atoms with Gasteiger partial charge in [0.05, 0.1) is 7.11 Å². The highest BCUT2D eigenvalue weighted by Gasteiger charge is 2.41. The summed E-state index contributed by atoms with van der Waals surface area (Å²) in [4.78, 5) is 26.8. The first-order valence-electron chi connectivity index (χ1n) is 8.82. The molecule has 1 aliphatic heterocycles. The number of rotatable bonds is 6. The summed E-state index contributed by atoms with van der Waals surface area (Å²) in [5, 5.41) is 6.15. The van der Waals surface area contributed by atoms with Crippen LogP contribution in [0.1, 0.15) is 33.1 Å². The van der Waals surface area contributed by atoms with Crippen LogP contribution in [0.3, 0.4) is 0 Å². The minimum Gasteiger partial charge on any atom is -0.497 e. The number of likely N-dealkylation sites (N-methyl/N-ethyl adjacent to an activating group) is 1. The molecule has 1 aromatic carbocycles. The zero-order chi connectivity index (χ0) is 18.4. The predicted octanol–water partition coefficient (Wildman–Crippen LogP) is 2.26. The van der Waals surface area contributed by atoms with Gasteiger partial charge in [0, 0.05) is 38.3 Å². The van der Waals surface area contributed by atoms with Gasteiger partial charge in [0.15, 0.2) is 0 Å². The normalized spacial score (nSPS) is 16.4. The molecule has 0 bridgehead atoms. The summed E-state index contributed by atoms with van der Waals surface area (Å²) in [6, 6.07) is 7.55. The Morgan fingerprint density at radius 2 is 1.96 bits per heavy atom. The van der Waals surface area contributed by atoms with Gasteiger partial charge in [0.25, 0.3) is 0 Å². The highest BCUT2D eigenvalue weighted by atomic mass is 16.5. The van der Waals surface area contributed by atoms with Crippen LogP contribution < -0.4 is 15.4 Å². The molecule has 1 heterocycles. The number of amides is 2. The van der Waals surface area contributed by atoms with Crippen molar-refractivity contribution in [1.82, 2.24) is 10.2 Å². The van der Waals surface area contributed by atoms with E-state index < -0.39 is 5.54 Å². The number of nitrogens with zero attached hydrogens (tertiary/aromatic N) is 1. The van der Waals surface area contributed by atoms with E-state index in [0.717, 1.165) is 11.4 Å². The molecule has 6 heteroatoms. The third-order valence-corrected chi connectivity index (χ3v) is 4.67. The summed E-state index contributed by atoms with van der Waals surface area (Å²) in [5.41, 5.74) is 0.125. The third-order valence-electron chi connectivity index (χ3n) is 4.67. The van der Waals surface area contributed by atoms with Gasteiger partial charge in [-0.25, -0.2) is 0 Å². The molecule has 0 aliphatic carbocycles. The van der Waals surface area contributed by atoms with E-state index >= 15 is 0 Å². The van der Waals surface area contributed by atoms with Gasteiger partial charge in [0.1, 0.15) is 11.3 Å². The molecule has 2 N–H and O–H groups in total. The summed E-state index contributed by atoms with van der Waals surface area (Å²) < 4.78 is 5.26. The molecule has 0 saturated carbocycles. The number of carbonyl (C=O) groups excluding carboxylic acids is 2. The second-order valence-corrected chi connectivity index (χ2v) is 7.00. The standard InChI is InChI=1S/C19H29N3O3/c1-14(2)12-17(23)22-10-8-19(9-11-22,18(24)20-3)21-15-6-5-7-16(13-15)25-4/h5-7,13-14,21H,8-12H2,1-4H3,(H,20,24). The number of benzene rings is 1. The second-order valence-electron chi connectivity index (χ2n) is 7.00. The molecule has 2 amide bonds. The zero-order valence-electron chi connectivity index (χ0n) is 15.6. The molecule has 1 saturated heterocycles. The third kappa shape index (κ3) is 4.65. The van der Waals surface area contributed by atoms with E-state index in [-0.39, 0.29) is 11.8 Å². The fourth-order valence-electron chi connectivity index (χ4n) is 3.24. The van der Waals surface area contributed by atoms with Crippen LogP contribution in [0, 0.1) is 5.92 Å². The second kappa shape index (κ2) is 8.23. The van der Waals surface area contributed by atoms with Crippen LogP contribution in [-0.2, 0) is 9.59 Å². The molecule has 25 heavy (non-hydrogen) atoms. The summed E-state index contributed by atoms with van der Waals surface area (Å²) in [6.45, 7) is 5.24. The van der Waals surface area contributed by atoms with Crippen LogP contribution in [-0.4, -0.2) is 49.5 Å². The molecular weight excluding hydrogens is 318 g/mol. The number of likely N-dealkylation sites (tertiary alicyclic amines) is 1. The van der Waals surface area contributed by atoms with E-state index in [9.17, 15) is 9.59 Å². The molecule has 1 aromatic rings. The lowest BCUT2D eigenvalue weighted by Gasteiger charge is -2.41. The Bertz CT molecular complexity index is 608. The van der Waals surface area contributed by atoms with Gasteiger partial charge in [-0.05, 0) is 30.9 Å². The van der Waals surface area contributed by atoms with Crippen LogP contribution >= 0.6 is 0 Å². The first kappa shape index (κ1) is 19.1. The van der Waals surface area contributed by atoms with Gasteiger partial charge in [-0.3, -0.25) is 9.59 Å². The SMILES string of the molecule is CNC(=O)C1(Nc2cccc(OC)c2)CCN(C(=O)CC(C)C)CC1. The van der Waals surface area contributed by atoms with Crippen molar-refractivity contribution in [2.75, 3.05) is 32.6 Å². The number of hydrogen-bond donors (Lipinski definition) is 2. The first-order valence-corrected chi connectivity index (χ1v) is 8.82. The Morgan fingerprint density at radius 3 is 2.52 bits per heavy atom. The van der Waals surface area contributed by atoms with Crippen molar-refractivity contribution in [3.05, 3.63) is 24.3 Å². The van der Waals surface area contributed by atoms with E-state index in [0.29, 0.717) is 38.3 Å². The van der Waals surface area contributed by atoms with E-state index in [2.05, 4.69) is 10.6 Å². The van der Waals surface area contributed by atoms with Gasteiger partial charge in [0.2, 0.25) is 11.8 Å². The highest BCUT2D eigenvalue weighted by Crippen LogP contribution is 2.29. The number of nitrogens with one attached hydrogen (secondary N) is 2. The largest absolute Gasteiger partial charge is 0.497 e. The van der Waals surface area contributed by atoms with Crippen molar-refractivity contribution >= 4 is 17.5 Å². The van der Waals surface area contributed by atoms with E-state index in [1.807, 2.05) is 43.0 Å². The Morgan fingerprint density at radius 1 is 1.28 bits per heavy atom. The molecule has 0 atom stereocenters. The molecule has 0 spiro atoms. The lowest BCUT2D eigenvalue weighted by Crippen LogP contribution is -2.58. The average Bonchev–Trinajstić information content (AvgIpc) is 2.61. The summed E-state index contributed by atoms with van der Waals surface area (Å²) in [6.07, 6.45) is 1.71. The highest BCUT2D eigenvalue weighted by molar-refractivity contribution is 5.90. The van der Waals surface area contributed by atoms with Crippen LogP contribution in [0.15, 0.2) is 24.3 Å². The number of carbonyl (C=O) groups is 2. The van der Waals surface area contributed by atoms with Crippen molar-refractivity contribution < 1.29 is 14.3 Å². The topological polar surface area (TPSA) is 70.7 Å². The maximum absolute atomic E-state index is 12.6. The van der Waals surface area contributed by atoms with Crippen LogP contribution in [0.2, 0.25) is 0 Å². The van der Waals surface area contributed by atoms with Gasteiger partial charge in [-0.15, -0.1) is 0 Å². The molecule has 2 rings (SSSR count). The molecule has 0 unspecified atom stereocenters. The molecule has 1 fully saturated rings. The number of anilines is 1. The number of ether oxygens (including phenoxy) is 1. The lowest BCUT2D eigenvalue weighted by molar-refractivity contribution is -0.136. The summed E-state index contributed by atoms with van der Waals surface area (Å²) in [5.74, 6) is 1.20. The Hall–Kier alpha value is -2.24. The Kier molecular flexibility index (Phi) is 6.28. The van der Waals surface area contributed by atoms with Crippen LogP contribution in [0.25, 0.3) is 0 Å². The van der Waals surface area contributed by atoms with Crippen molar-refractivity contribution in [3.8, 4) is 5.75 Å². The van der Waals surface area contributed by atoms with E-state index in [4.69, 9.17) is 4.74 Å². The molecule has 0 radical (unpaired) electrons. The number of hydrogen-bond acceptors (Lipinski definition) is 4. The molecule has 0 aromatic heterocycles. The molecular formula is C19H29N3O3. The Balaban J connectivity index is 2.12. The van der Waals surface area contributed by atoms with Crippen LogP contribution in [0.4, 0.5) is 5.69 Å². The van der Waals surface area contributed by atoms with Gasteiger partial charge < -0.3 is 20.3 Å². The van der Waals surface area contributed by atoms with Crippen molar-refractivity contribution in [1.29, 1.82) is 0 Å². The lowest BCUT2D eigenvalue weighted by atomic mass is 9.85. The molecule has 1 aliphatic rings. The van der Waals surface area contributed by atoms with E-state index in [1.54, 1.807) is 14.2 Å². The maximum Gasteiger partial charge on any atom is 0.245 e. The predicted molar refractivity (Wildman–Crippen MR) is 98.7 cm³/mol. The Labute approximate surface area is 149 Å². The van der Waals surface area contributed by atoms with E-state index in [1.165, 1.54) is 0 Å². The molecule has 6 nitrogen and oxygen atoms in total. The first-order chi connectivity index (χ1) is 11.9. The van der Waals surface area contributed by atoms with Gasteiger partial charge in [-0.2, -0.15) is 0 Å². The van der Waals surface area contributed by atoms with Crippen molar-refractivity contribution in [3.63, 3.8) is 0 Å². The van der Waals surface area contributed by atoms with Crippen molar-refractivity contribution in [2.24, 2.45) is 5.92 Å². The number of piperidine rings is 1. The summed E-state index contributed by atoms with van der Waals surface area (Å²) in [7, 11) is 3.26.